The van der Waals surface area contributed by atoms with Gasteiger partial charge in [-0.25, -0.2) is 4.79 Å². The Hall–Kier alpha value is -1.77. The highest BCUT2D eigenvalue weighted by atomic mass is 35.5. The van der Waals surface area contributed by atoms with Gasteiger partial charge in [-0.1, -0.05) is 11.6 Å². The Kier molecular flexibility index (Phi) is 5.51. The number of thiophene rings is 1. The highest BCUT2D eigenvalue weighted by Gasteiger charge is 2.43. The minimum Gasteiger partial charge on any atom is -0.466 e. The maximum absolute atomic E-state index is 12.4. The number of hydrogen-bond donors (Lipinski definition) is 0. The topological polar surface area (TPSA) is 76.8 Å². The minimum absolute atomic E-state index is 0.260. The summed E-state index contributed by atoms with van der Waals surface area (Å²) in [6, 6.07) is 5.93. The fraction of sp³-hybridized carbons (Fsp3) is 0.312. The van der Waals surface area contributed by atoms with Gasteiger partial charge in [0.25, 0.3) is 0 Å². The van der Waals surface area contributed by atoms with Gasteiger partial charge in [-0.15, -0.1) is 23.1 Å². The third kappa shape index (κ3) is 3.91. The van der Waals surface area contributed by atoms with Crippen LogP contribution in [0.1, 0.15) is 27.7 Å². The molecule has 0 radical (unpaired) electrons. The number of ether oxygens (including phenoxy) is 1. The summed E-state index contributed by atoms with van der Waals surface area (Å²) in [5, 5.41) is -0.378. The van der Waals surface area contributed by atoms with Crippen LogP contribution in [-0.2, 0) is 14.3 Å². The second-order valence-electron chi connectivity index (χ2n) is 5.28. The van der Waals surface area contributed by atoms with Crippen LogP contribution in [0.3, 0.4) is 0 Å². The molecule has 6 nitrogen and oxygen atoms in total. The fourth-order valence-electron chi connectivity index (χ4n) is 2.49. The molecule has 0 unspecified atom stereocenters. The van der Waals surface area contributed by atoms with Crippen LogP contribution in [0.25, 0.3) is 0 Å². The lowest BCUT2D eigenvalue weighted by Gasteiger charge is -2.25. The van der Waals surface area contributed by atoms with E-state index in [1.54, 1.807) is 24.3 Å². The van der Waals surface area contributed by atoms with Gasteiger partial charge in [0.2, 0.25) is 11.7 Å². The van der Waals surface area contributed by atoms with Gasteiger partial charge in [0, 0.05) is 12.7 Å². The molecule has 3 rings (SSSR count). The quantitative estimate of drug-likeness (QED) is 0.566. The zero-order chi connectivity index (χ0) is 18.0. The number of carbonyl (C=O) groups excluding carboxylic acids is 3. The van der Waals surface area contributed by atoms with Crippen LogP contribution in [0.15, 0.2) is 34.9 Å². The van der Waals surface area contributed by atoms with Crippen LogP contribution in [0.4, 0.5) is 0 Å². The molecule has 1 amide bonds. The highest BCUT2D eigenvalue weighted by Crippen LogP contribution is 2.41. The van der Waals surface area contributed by atoms with Crippen molar-refractivity contribution in [2.75, 3.05) is 12.4 Å². The molecule has 0 aliphatic carbocycles. The second-order valence-corrected chi connectivity index (χ2v) is 8.11. The first-order valence-electron chi connectivity index (χ1n) is 7.36. The molecule has 1 saturated heterocycles. The lowest BCUT2D eigenvalue weighted by atomic mass is 10.2. The number of furan rings is 1. The van der Waals surface area contributed by atoms with E-state index >= 15 is 0 Å². The smallest absolute Gasteiger partial charge is 0.330 e. The number of carbonyl (C=O) groups is 3. The molecule has 0 saturated carbocycles. The summed E-state index contributed by atoms with van der Waals surface area (Å²) >= 11 is 8.34. The van der Waals surface area contributed by atoms with Gasteiger partial charge in [0.15, 0.2) is 6.61 Å². The Morgan fingerprint density at radius 2 is 2.16 bits per heavy atom. The van der Waals surface area contributed by atoms with E-state index < -0.39 is 12.0 Å². The Balaban J connectivity index is 1.65. The molecule has 2 atom stereocenters. The van der Waals surface area contributed by atoms with E-state index in [1.165, 1.54) is 29.8 Å². The average Bonchev–Trinajstić information content (AvgIpc) is 3.30. The standard InChI is InChI=1S/C16H14ClNO5S2/c1-9(19)18-10(8-24-15(18)12-3-2-6-22-12)16(21)23-7-11(20)13-4-5-14(17)25-13/h2-6,10,15H,7-8H2,1H3/t10-,15-/m1/s1. The number of esters is 1. The monoisotopic (exact) mass is 399 g/mol. The summed E-state index contributed by atoms with van der Waals surface area (Å²) in [6.45, 7) is 1.01. The van der Waals surface area contributed by atoms with E-state index in [4.69, 9.17) is 20.8 Å². The molecule has 3 heterocycles. The lowest BCUT2D eigenvalue weighted by Crippen LogP contribution is -2.43. The molecule has 9 heteroatoms. The lowest BCUT2D eigenvalue weighted by molar-refractivity contribution is -0.152. The first kappa shape index (κ1) is 18.0. The van der Waals surface area contributed by atoms with Crippen LogP contribution in [0.5, 0.6) is 0 Å². The predicted molar refractivity (Wildman–Crippen MR) is 94.8 cm³/mol. The van der Waals surface area contributed by atoms with Gasteiger partial charge in [0.05, 0.1) is 15.5 Å². The van der Waals surface area contributed by atoms with Crippen molar-refractivity contribution in [3.05, 3.63) is 45.5 Å². The van der Waals surface area contributed by atoms with E-state index in [1.807, 2.05) is 0 Å². The molecule has 1 fully saturated rings. The van der Waals surface area contributed by atoms with Crippen molar-refractivity contribution >= 4 is 52.4 Å². The molecular formula is C16H14ClNO5S2. The molecule has 1 aliphatic heterocycles. The normalized spacial score (nSPS) is 19.8. The fourth-order valence-corrected chi connectivity index (χ4v) is 4.87. The third-order valence-electron chi connectivity index (χ3n) is 3.62. The van der Waals surface area contributed by atoms with Crippen molar-refractivity contribution in [2.24, 2.45) is 0 Å². The van der Waals surface area contributed by atoms with E-state index in [2.05, 4.69) is 0 Å². The SMILES string of the molecule is CC(=O)N1[C@@H](C(=O)OCC(=O)c2ccc(Cl)s2)CS[C@@H]1c1ccco1. The maximum atomic E-state index is 12.4. The summed E-state index contributed by atoms with van der Waals surface area (Å²) in [7, 11) is 0. The number of thioether (sulfide) groups is 1. The highest BCUT2D eigenvalue weighted by molar-refractivity contribution is 7.99. The maximum Gasteiger partial charge on any atom is 0.330 e. The summed E-state index contributed by atoms with van der Waals surface area (Å²) < 4.78 is 11.0. The first-order valence-corrected chi connectivity index (χ1v) is 9.61. The summed E-state index contributed by atoms with van der Waals surface area (Å²) in [5.41, 5.74) is 0. The number of nitrogens with zero attached hydrogens (tertiary/aromatic N) is 1. The Morgan fingerprint density at radius 1 is 1.36 bits per heavy atom. The second kappa shape index (κ2) is 7.63. The zero-order valence-corrected chi connectivity index (χ0v) is 15.5. The zero-order valence-electron chi connectivity index (χ0n) is 13.1. The van der Waals surface area contributed by atoms with E-state index in [0.717, 1.165) is 11.3 Å². The summed E-state index contributed by atoms with van der Waals surface area (Å²) in [4.78, 5) is 38.3. The van der Waals surface area contributed by atoms with E-state index in [-0.39, 0.29) is 23.7 Å². The number of ketones is 1. The first-order chi connectivity index (χ1) is 12.0. The molecule has 2 aromatic rings. The summed E-state index contributed by atoms with van der Waals surface area (Å²) in [5.74, 6) is -0.215. The van der Waals surface area contributed by atoms with Crippen molar-refractivity contribution < 1.29 is 23.5 Å². The van der Waals surface area contributed by atoms with Crippen LogP contribution in [-0.4, -0.2) is 41.0 Å². The molecule has 2 aromatic heterocycles. The van der Waals surface area contributed by atoms with Crippen LogP contribution in [0.2, 0.25) is 4.34 Å². The molecule has 1 aliphatic rings. The molecule has 0 spiro atoms. The van der Waals surface area contributed by atoms with Crippen LogP contribution in [0, 0.1) is 0 Å². The molecule has 25 heavy (non-hydrogen) atoms. The van der Waals surface area contributed by atoms with Crippen molar-refractivity contribution in [2.45, 2.75) is 18.3 Å². The molecule has 0 bridgehead atoms. The average molecular weight is 400 g/mol. The number of hydrogen-bond acceptors (Lipinski definition) is 7. The number of Topliss-reactive ketones (excluding diaryl/α,β-unsaturated/α-hetero) is 1. The van der Waals surface area contributed by atoms with E-state index in [9.17, 15) is 14.4 Å². The van der Waals surface area contributed by atoms with Crippen molar-refractivity contribution in [3.8, 4) is 0 Å². The molecular weight excluding hydrogens is 386 g/mol. The van der Waals surface area contributed by atoms with Gasteiger partial charge in [-0.2, -0.15) is 0 Å². The van der Waals surface area contributed by atoms with Gasteiger partial charge in [0.1, 0.15) is 17.2 Å². The number of halogens is 1. The Bertz CT molecular complexity index is 788. The Morgan fingerprint density at radius 3 is 2.76 bits per heavy atom. The molecule has 132 valence electrons. The predicted octanol–water partition coefficient (Wildman–Crippen LogP) is 3.38. The van der Waals surface area contributed by atoms with E-state index in [0.29, 0.717) is 20.7 Å². The van der Waals surface area contributed by atoms with Crippen LogP contribution < -0.4 is 0 Å². The number of rotatable bonds is 5. The largest absolute Gasteiger partial charge is 0.466 e. The number of amides is 1. The van der Waals surface area contributed by atoms with Gasteiger partial charge < -0.3 is 14.1 Å². The van der Waals surface area contributed by atoms with Crippen molar-refractivity contribution in [3.63, 3.8) is 0 Å². The van der Waals surface area contributed by atoms with Crippen molar-refractivity contribution in [1.29, 1.82) is 0 Å². The van der Waals surface area contributed by atoms with Gasteiger partial charge in [-0.05, 0) is 24.3 Å². The third-order valence-corrected chi connectivity index (χ3v) is 6.17. The van der Waals surface area contributed by atoms with Gasteiger partial charge in [-0.3, -0.25) is 9.59 Å². The molecule has 0 aromatic carbocycles. The van der Waals surface area contributed by atoms with Gasteiger partial charge >= 0.3 is 5.97 Å². The van der Waals surface area contributed by atoms with Crippen molar-refractivity contribution in [1.82, 2.24) is 4.90 Å². The Labute approximate surface area is 157 Å². The molecule has 0 N–H and O–H groups in total. The van der Waals surface area contributed by atoms with Crippen LogP contribution >= 0.6 is 34.7 Å². The minimum atomic E-state index is -0.752. The summed E-state index contributed by atoms with van der Waals surface area (Å²) in [6.07, 6.45) is 1.52.